The van der Waals surface area contributed by atoms with Gasteiger partial charge in [-0.2, -0.15) is 0 Å². The lowest BCUT2D eigenvalue weighted by molar-refractivity contribution is -0.276. The van der Waals surface area contributed by atoms with Gasteiger partial charge in [0, 0.05) is 5.56 Å². The lowest BCUT2D eigenvalue weighted by atomic mass is 10.3. The lowest BCUT2D eigenvalue weighted by Gasteiger charge is -2.11. The van der Waals surface area contributed by atoms with Crippen LogP contribution in [0.5, 0.6) is 11.6 Å². The Morgan fingerprint density at radius 2 is 2.07 bits per heavy atom. The smallest absolute Gasteiger partial charge is 0.505 e. The Bertz CT molecular complexity index is 369. The summed E-state index contributed by atoms with van der Waals surface area (Å²) in [7, 11) is 0. The largest absolute Gasteiger partial charge is 0.574 e. The molecule has 0 aromatic carbocycles. The average molecular weight is 337 g/mol. The minimum atomic E-state index is -4.93. The van der Waals surface area contributed by atoms with Gasteiger partial charge in [0.05, 0.1) is 0 Å². The van der Waals surface area contributed by atoms with Crippen LogP contribution in [-0.2, 0) is 6.67 Å². The van der Waals surface area contributed by atoms with Crippen LogP contribution in [0.2, 0.25) is 0 Å². The highest BCUT2D eigenvalue weighted by Gasteiger charge is 2.33. The minimum absolute atomic E-state index is 0.0935. The molecule has 0 aliphatic rings. The molecule has 0 amide bonds. The summed E-state index contributed by atoms with van der Waals surface area (Å²) in [5.74, 6) is -1.27. The summed E-state index contributed by atoms with van der Waals surface area (Å²) < 4.78 is 51.2. The van der Waals surface area contributed by atoms with E-state index in [4.69, 9.17) is 5.11 Å². The molecule has 0 saturated heterocycles. The molecule has 0 saturated carbocycles. The van der Waals surface area contributed by atoms with Gasteiger partial charge in [-0.1, -0.05) is 0 Å². The Labute approximate surface area is 95.2 Å². The SMILES string of the molecule is Oc1cc(CF)c(OC(F)(F)F)nc1I. The van der Waals surface area contributed by atoms with Gasteiger partial charge in [0.2, 0.25) is 5.88 Å². The number of pyridine rings is 1. The number of nitrogens with zero attached hydrogens (tertiary/aromatic N) is 1. The summed E-state index contributed by atoms with van der Waals surface area (Å²) in [6.45, 7) is -1.21. The van der Waals surface area contributed by atoms with Gasteiger partial charge >= 0.3 is 6.36 Å². The number of rotatable bonds is 2. The second-order valence-corrected chi connectivity index (χ2v) is 3.47. The quantitative estimate of drug-likeness (QED) is 0.513. The zero-order valence-corrected chi connectivity index (χ0v) is 9.13. The zero-order chi connectivity index (χ0) is 11.6. The number of halogens is 5. The summed E-state index contributed by atoms with van der Waals surface area (Å²) in [5, 5.41) is 9.08. The van der Waals surface area contributed by atoms with Crippen LogP contribution in [0.1, 0.15) is 5.56 Å². The maximum atomic E-state index is 12.3. The van der Waals surface area contributed by atoms with E-state index in [-0.39, 0.29) is 3.70 Å². The Morgan fingerprint density at radius 3 is 2.53 bits per heavy atom. The van der Waals surface area contributed by atoms with Crippen LogP contribution in [0.25, 0.3) is 0 Å². The Kier molecular flexibility index (Phi) is 3.58. The van der Waals surface area contributed by atoms with E-state index in [1.165, 1.54) is 22.6 Å². The summed E-state index contributed by atoms with van der Waals surface area (Å²) in [5.41, 5.74) is -0.453. The van der Waals surface area contributed by atoms with Crippen molar-refractivity contribution in [2.24, 2.45) is 0 Å². The molecule has 3 nitrogen and oxygen atoms in total. The second-order valence-electron chi connectivity index (χ2n) is 2.44. The van der Waals surface area contributed by atoms with E-state index in [2.05, 4.69) is 9.72 Å². The number of aromatic nitrogens is 1. The van der Waals surface area contributed by atoms with Crippen LogP contribution in [-0.4, -0.2) is 16.5 Å². The molecule has 0 fully saturated rings. The van der Waals surface area contributed by atoms with Gasteiger partial charge in [0.25, 0.3) is 0 Å². The molecule has 1 rings (SSSR count). The fraction of sp³-hybridized carbons (Fsp3) is 0.286. The third-order valence-corrected chi connectivity index (χ3v) is 2.15. The molecule has 1 N–H and O–H groups in total. The average Bonchev–Trinajstić information content (AvgIpc) is 2.08. The maximum absolute atomic E-state index is 12.3. The molecule has 1 heterocycles. The fourth-order valence-corrected chi connectivity index (χ4v) is 1.17. The van der Waals surface area contributed by atoms with Crippen molar-refractivity contribution in [1.82, 2.24) is 4.98 Å². The first-order valence-electron chi connectivity index (χ1n) is 3.53. The van der Waals surface area contributed by atoms with Crippen LogP contribution < -0.4 is 4.74 Å². The predicted molar refractivity (Wildman–Crippen MR) is 50.1 cm³/mol. The normalized spacial score (nSPS) is 11.5. The highest BCUT2D eigenvalue weighted by Crippen LogP contribution is 2.30. The highest BCUT2D eigenvalue weighted by atomic mass is 127. The van der Waals surface area contributed by atoms with Crippen molar-refractivity contribution in [2.45, 2.75) is 13.0 Å². The fourth-order valence-electron chi connectivity index (χ4n) is 0.798. The third kappa shape index (κ3) is 3.36. The van der Waals surface area contributed by atoms with Crippen molar-refractivity contribution in [3.63, 3.8) is 0 Å². The van der Waals surface area contributed by atoms with Crippen molar-refractivity contribution >= 4 is 22.6 Å². The van der Waals surface area contributed by atoms with Crippen LogP contribution in [0, 0.1) is 3.70 Å². The topological polar surface area (TPSA) is 42.4 Å². The van der Waals surface area contributed by atoms with Crippen LogP contribution in [0.3, 0.4) is 0 Å². The molecule has 0 bridgehead atoms. The van der Waals surface area contributed by atoms with Gasteiger partial charge in [-0.3, -0.25) is 0 Å². The van der Waals surface area contributed by atoms with E-state index in [0.717, 1.165) is 6.07 Å². The van der Waals surface area contributed by atoms with E-state index in [9.17, 15) is 17.6 Å². The zero-order valence-electron chi connectivity index (χ0n) is 6.98. The third-order valence-electron chi connectivity index (χ3n) is 1.35. The number of hydrogen-bond donors (Lipinski definition) is 1. The van der Waals surface area contributed by atoms with Gasteiger partial charge in [-0.05, 0) is 28.7 Å². The van der Waals surface area contributed by atoms with E-state index in [1.807, 2.05) is 0 Å². The molecule has 84 valence electrons. The van der Waals surface area contributed by atoms with Gasteiger partial charge in [-0.15, -0.1) is 13.2 Å². The molecule has 15 heavy (non-hydrogen) atoms. The molecule has 0 spiro atoms. The molecule has 1 aromatic heterocycles. The summed E-state index contributed by atoms with van der Waals surface area (Å²) in [4.78, 5) is 3.28. The van der Waals surface area contributed by atoms with Crippen LogP contribution >= 0.6 is 22.6 Å². The molecule has 0 unspecified atom stereocenters. The summed E-state index contributed by atoms with van der Waals surface area (Å²) >= 11 is 1.50. The maximum Gasteiger partial charge on any atom is 0.574 e. The lowest BCUT2D eigenvalue weighted by Crippen LogP contribution is -2.19. The van der Waals surface area contributed by atoms with E-state index in [0.29, 0.717) is 0 Å². The first-order valence-corrected chi connectivity index (χ1v) is 4.61. The number of alkyl halides is 4. The van der Waals surface area contributed by atoms with Gasteiger partial charge in [0.1, 0.15) is 16.1 Å². The van der Waals surface area contributed by atoms with Crippen molar-refractivity contribution in [3.05, 3.63) is 15.3 Å². The molecular formula is C7H4F4INO2. The molecule has 0 radical (unpaired) electrons. The molecule has 8 heteroatoms. The molecule has 1 aromatic rings. The van der Waals surface area contributed by atoms with E-state index < -0.39 is 30.2 Å². The Hall–Kier alpha value is -0.800. The molecule has 0 atom stereocenters. The Balaban J connectivity index is 3.11. The van der Waals surface area contributed by atoms with E-state index >= 15 is 0 Å². The number of ether oxygens (including phenoxy) is 1. The number of aromatic hydroxyl groups is 1. The number of hydrogen-bond acceptors (Lipinski definition) is 3. The van der Waals surface area contributed by atoms with Gasteiger partial charge < -0.3 is 9.84 Å². The minimum Gasteiger partial charge on any atom is -0.505 e. The summed E-state index contributed by atoms with van der Waals surface area (Å²) in [6.07, 6.45) is -4.93. The van der Waals surface area contributed by atoms with Crippen LogP contribution in [0.4, 0.5) is 17.6 Å². The van der Waals surface area contributed by atoms with Gasteiger partial charge in [0.15, 0.2) is 0 Å². The Morgan fingerprint density at radius 1 is 1.47 bits per heavy atom. The first-order chi connectivity index (χ1) is 6.83. The standard InChI is InChI=1S/C7H4F4INO2/c8-2-3-1-4(14)5(12)13-6(3)15-7(9,10)11/h1,14H,2H2. The van der Waals surface area contributed by atoms with Crippen LogP contribution in [0.15, 0.2) is 6.07 Å². The molecule has 0 aliphatic carbocycles. The van der Waals surface area contributed by atoms with Crippen molar-refractivity contribution < 1.29 is 27.4 Å². The first kappa shape index (κ1) is 12.3. The highest BCUT2D eigenvalue weighted by molar-refractivity contribution is 14.1. The molecular weight excluding hydrogens is 333 g/mol. The van der Waals surface area contributed by atoms with Crippen molar-refractivity contribution in [1.29, 1.82) is 0 Å². The molecule has 0 aliphatic heterocycles. The van der Waals surface area contributed by atoms with Crippen molar-refractivity contribution in [3.8, 4) is 11.6 Å². The second kappa shape index (κ2) is 4.37. The van der Waals surface area contributed by atoms with E-state index in [1.54, 1.807) is 0 Å². The summed E-state index contributed by atoms with van der Waals surface area (Å²) in [6, 6.07) is 0.843. The predicted octanol–water partition coefficient (Wildman–Crippen LogP) is 2.76. The monoisotopic (exact) mass is 337 g/mol. The van der Waals surface area contributed by atoms with Crippen molar-refractivity contribution in [2.75, 3.05) is 0 Å². The van der Waals surface area contributed by atoms with Gasteiger partial charge in [-0.25, -0.2) is 9.37 Å².